The van der Waals surface area contributed by atoms with Crippen LogP contribution in [0.15, 0.2) is 23.1 Å². The van der Waals surface area contributed by atoms with Gasteiger partial charge >= 0.3 is 12.1 Å². The van der Waals surface area contributed by atoms with Gasteiger partial charge < -0.3 is 5.32 Å². The van der Waals surface area contributed by atoms with Crippen LogP contribution < -0.4 is 10.0 Å². The lowest BCUT2D eigenvalue weighted by molar-refractivity contribution is -0.171. The molecule has 0 aromatic heterocycles. The minimum absolute atomic E-state index is 0.363. The number of amides is 1. The van der Waals surface area contributed by atoms with Gasteiger partial charge in [0.2, 0.25) is 0 Å². The van der Waals surface area contributed by atoms with Crippen molar-refractivity contribution in [1.29, 1.82) is 0 Å². The van der Waals surface area contributed by atoms with Gasteiger partial charge in [-0.2, -0.15) is 13.2 Å². The molecule has 0 saturated heterocycles. The van der Waals surface area contributed by atoms with Crippen LogP contribution in [0.3, 0.4) is 0 Å². The molecule has 0 saturated carbocycles. The molecule has 1 aromatic rings. The van der Waals surface area contributed by atoms with Crippen molar-refractivity contribution in [1.82, 2.24) is 10.0 Å². The lowest BCUT2D eigenvalue weighted by Gasteiger charge is -2.18. The van der Waals surface area contributed by atoms with Crippen molar-refractivity contribution in [2.24, 2.45) is 0 Å². The number of benzene rings is 1. The fraction of sp³-hybridized carbons (Fsp3) is 0.364. The maximum Gasteiger partial charge on any atom is 0.472 e. The Morgan fingerprint density at radius 3 is 2.60 bits per heavy atom. The Kier molecular flexibility index (Phi) is 3.74. The van der Waals surface area contributed by atoms with E-state index in [1.165, 1.54) is 12.1 Å². The Labute approximate surface area is 113 Å². The molecule has 2 N–H and O–H groups in total. The van der Waals surface area contributed by atoms with E-state index in [1.54, 1.807) is 6.07 Å². The van der Waals surface area contributed by atoms with E-state index in [4.69, 9.17) is 0 Å². The highest BCUT2D eigenvalue weighted by molar-refractivity contribution is 7.90. The lowest BCUT2D eigenvalue weighted by atomic mass is 10.0. The minimum Gasteiger partial charge on any atom is -0.312 e. The summed E-state index contributed by atoms with van der Waals surface area (Å²) in [6.45, 7) is 1.19. The molecular formula is C11H11F3N2O3S. The molecule has 2 rings (SSSR count). The van der Waals surface area contributed by atoms with Gasteiger partial charge in [-0.3, -0.25) is 4.79 Å². The van der Waals surface area contributed by atoms with Crippen molar-refractivity contribution in [3.63, 3.8) is 0 Å². The van der Waals surface area contributed by atoms with Gasteiger partial charge in [0.25, 0.3) is 10.0 Å². The lowest BCUT2D eigenvalue weighted by Crippen LogP contribution is -2.40. The van der Waals surface area contributed by atoms with E-state index in [9.17, 15) is 26.4 Å². The fourth-order valence-electron chi connectivity index (χ4n) is 1.86. The van der Waals surface area contributed by atoms with Crippen molar-refractivity contribution < 1.29 is 26.4 Å². The monoisotopic (exact) mass is 308 g/mol. The first kappa shape index (κ1) is 14.8. The number of sulfonamides is 1. The van der Waals surface area contributed by atoms with E-state index in [-0.39, 0.29) is 4.90 Å². The second-order valence-corrected chi connectivity index (χ2v) is 5.97. The third-order valence-corrected chi connectivity index (χ3v) is 4.19. The number of alkyl halides is 3. The molecule has 0 fully saturated rings. The highest BCUT2D eigenvalue weighted by Gasteiger charge is 2.41. The van der Waals surface area contributed by atoms with Crippen molar-refractivity contribution in [3.8, 4) is 0 Å². The van der Waals surface area contributed by atoms with E-state index in [2.05, 4.69) is 5.32 Å². The second-order valence-electron chi connectivity index (χ2n) is 4.29. The molecule has 0 radical (unpaired) electrons. The zero-order valence-corrected chi connectivity index (χ0v) is 10.9. The average Bonchev–Trinajstić information content (AvgIpc) is 2.36. The summed E-state index contributed by atoms with van der Waals surface area (Å²) in [6, 6.07) is 4.01. The van der Waals surface area contributed by atoms with Crippen molar-refractivity contribution >= 4 is 15.9 Å². The maximum absolute atomic E-state index is 12.1. The highest BCUT2D eigenvalue weighted by Crippen LogP contribution is 2.20. The molecule has 20 heavy (non-hydrogen) atoms. The summed E-state index contributed by atoms with van der Waals surface area (Å²) >= 11 is 0. The number of hydrogen-bond acceptors (Lipinski definition) is 4. The normalized spacial score (nSPS) is 15.6. The van der Waals surface area contributed by atoms with Crippen LogP contribution in [0, 0.1) is 0 Å². The van der Waals surface area contributed by atoms with Crippen molar-refractivity contribution in [2.75, 3.05) is 6.54 Å². The topological polar surface area (TPSA) is 75.3 Å². The molecule has 1 amide bonds. The summed E-state index contributed by atoms with van der Waals surface area (Å²) in [5, 5.41) is 3.02. The molecule has 1 aliphatic rings. The van der Waals surface area contributed by atoms with Gasteiger partial charge in [-0.05, 0) is 36.2 Å². The van der Waals surface area contributed by atoms with E-state index in [0.717, 1.165) is 16.8 Å². The fourth-order valence-corrected chi connectivity index (χ4v) is 2.89. The largest absolute Gasteiger partial charge is 0.472 e. The van der Waals surface area contributed by atoms with Gasteiger partial charge in [-0.15, -0.1) is 0 Å². The molecule has 0 spiro atoms. The van der Waals surface area contributed by atoms with Crippen molar-refractivity contribution in [2.45, 2.75) is 24.0 Å². The number of rotatable bonds is 2. The maximum atomic E-state index is 12.1. The van der Waals surface area contributed by atoms with E-state index < -0.39 is 22.1 Å². The quantitative estimate of drug-likeness (QED) is 0.843. The summed E-state index contributed by atoms with van der Waals surface area (Å²) in [4.78, 5) is 10.4. The molecule has 0 unspecified atom stereocenters. The van der Waals surface area contributed by atoms with E-state index in [1.807, 2.05) is 0 Å². The van der Waals surface area contributed by atoms with Gasteiger partial charge in [0, 0.05) is 6.54 Å². The molecule has 1 aliphatic heterocycles. The average molecular weight is 308 g/mol. The Morgan fingerprint density at radius 2 is 1.95 bits per heavy atom. The number of carbonyl (C=O) groups is 1. The molecule has 1 heterocycles. The molecule has 0 aliphatic carbocycles. The molecule has 1 aromatic carbocycles. The summed E-state index contributed by atoms with van der Waals surface area (Å²) in [7, 11) is -4.52. The molecule has 110 valence electrons. The molecule has 0 bridgehead atoms. The summed E-state index contributed by atoms with van der Waals surface area (Å²) < 4.78 is 60.7. The van der Waals surface area contributed by atoms with Gasteiger partial charge in [0.15, 0.2) is 0 Å². The summed E-state index contributed by atoms with van der Waals surface area (Å²) in [5.74, 6) is -2.51. The van der Waals surface area contributed by atoms with Gasteiger partial charge in [-0.25, -0.2) is 13.1 Å². The van der Waals surface area contributed by atoms with Gasteiger partial charge in [0.05, 0.1) is 4.90 Å². The van der Waals surface area contributed by atoms with Crippen LogP contribution in [0.1, 0.15) is 11.1 Å². The zero-order chi connectivity index (χ0) is 15.0. The Bertz CT molecular complexity index is 641. The third-order valence-electron chi connectivity index (χ3n) is 2.86. The van der Waals surface area contributed by atoms with Crippen LogP contribution >= 0.6 is 0 Å². The summed E-state index contributed by atoms with van der Waals surface area (Å²) in [6.07, 6.45) is -4.53. The van der Waals surface area contributed by atoms with E-state index in [0.29, 0.717) is 18.5 Å². The van der Waals surface area contributed by atoms with Crippen LogP contribution in [0.5, 0.6) is 0 Å². The minimum atomic E-state index is -5.25. The Hall–Kier alpha value is -1.61. The predicted octanol–water partition coefficient (Wildman–Crippen LogP) is 0.700. The first-order valence-electron chi connectivity index (χ1n) is 5.66. The number of nitrogens with one attached hydrogen (secondary N) is 2. The van der Waals surface area contributed by atoms with Crippen LogP contribution in [-0.2, 0) is 27.8 Å². The molecule has 0 atom stereocenters. The highest BCUT2D eigenvalue weighted by atomic mass is 32.2. The van der Waals surface area contributed by atoms with Crippen LogP contribution in [0.2, 0.25) is 0 Å². The van der Waals surface area contributed by atoms with Crippen LogP contribution in [0.25, 0.3) is 0 Å². The standard InChI is InChI=1S/C11H11F3N2O3S/c12-11(13,14)10(17)16-20(18,19)9-2-1-7-3-4-15-6-8(7)5-9/h1-2,5,15H,3-4,6H2,(H,16,17). The van der Waals surface area contributed by atoms with Crippen LogP contribution in [-0.4, -0.2) is 27.0 Å². The van der Waals surface area contributed by atoms with Gasteiger partial charge in [-0.1, -0.05) is 6.07 Å². The molecule has 9 heteroatoms. The number of halogens is 3. The Morgan fingerprint density at radius 1 is 1.25 bits per heavy atom. The Balaban J connectivity index is 2.28. The first-order valence-corrected chi connectivity index (χ1v) is 7.15. The molecular weight excluding hydrogens is 297 g/mol. The SMILES string of the molecule is O=C(NS(=O)(=O)c1ccc2c(c1)CNCC2)C(F)(F)F. The number of hydrogen-bond donors (Lipinski definition) is 2. The zero-order valence-electron chi connectivity index (χ0n) is 10.1. The first-order chi connectivity index (χ1) is 9.20. The van der Waals surface area contributed by atoms with Gasteiger partial charge in [0.1, 0.15) is 0 Å². The predicted molar refractivity (Wildman–Crippen MR) is 63.2 cm³/mol. The number of fused-ring (bicyclic) bond motifs is 1. The second kappa shape index (κ2) is 5.06. The molecule has 5 nitrogen and oxygen atoms in total. The smallest absolute Gasteiger partial charge is 0.312 e. The van der Waals surface area contributed by atoms with E-state index >= 15 is 0 Å². The summed E-state index contributed by atoms with van der Waals surface area (Å²) in [5.41, 5.74) is 1.63. The third kappa shape index (κ3) is 3.10. The number of carbonyl (C=O) groups excluding carboxylic acids is 1. The van der Waals surface area contributed by atoms with Crippen LogP contribution in [0.4, 0.5) is 13.2 Å². The van der Waals surface area contributed by atoms with Crippen molar-refractivity contribution in [3.05, 3.63) is 29.3 Å².